The van der Waals surface area contributed by atoms with E-state index < -0.39 is 0 Å². The second-order valence-corrected chi connectivity index (χ2v) is 9.36. The molecule has 0 bridgehead atoms. The molecule has 0 radical (unpaired) electrons. The molecule has 2 N–H and O–H groups in total. The van der Waals surface area contributed by atoms with Crippen molar-refractivity contribution in [1.29, 1.82) is 0 Å². The van der Waals surface area contributed by atoms with E-state index in [1.54, 1.807) is 33.5 Å². The average molecular weight is 485 g/mol. The molecule has 0 saturated carbocycles. The maximum Gasteiger partial charge on any atom is 0.319 e. The summed E-state index contributed by atoms with van der Waals surface area (Å²) in [6.45, 7) is 4.04. The summed E-state index contributed by atoms with van der Waals surface area (Å²) < 4.78 is 18.3. The number of ether oxygens (including phenoxy) is 3. The summed E-state index contributed by atoms with van der Waals surface area (Å²) in [4.78, 5) is 16.8. The molecule has 4 rings (SSSR count). The number of amides is 2. The van der Waals surface area contributed by atoms with Gasteiger partial charge in [-0.05, 0) is 37.6 Å². The molecule has 0 fully saturated rings. The first-order valence-corrected chi connectivity index (χ1v) is 12.1. The molecule has 0 spiro atoms. The van der Waals surface area contributed by atoms with Crippen LogP contribution in [0.25, 0.3) is 5.00 Å². The van der Waals surface area contributed by atoms with Crippen molar-refractivity contribution in [3.05, 3.63) is 52.7 Å². The van der Waals surface area contributed by atoms with Gasteiger partial charge in [-0.2, -0.15) is 0 Å². The molecule has 182 valence electrons. The lowest BCUT2D eigenvalue weighted by molar-refractivity contribution is 0.248. The normalized spacial score (nSPS) is 14.3. The molecule has 0 unspecified atom stereocenters. The maximum atomic E-state index is 13.1. The molecule has 0 saturated heterocycles. The van der Waals surface area contributed by atoms with E-state index in [-0.39, 0.29) is 12.1 Å². The minimum absolute atomic E-state index is 0.122. The zero-order chi connectivity index (χ0) is 24.2. The van der Waals surface area contributed by atoms with Gasteiger partial charge in [0.2, 0.25) is 5.75 Å². The van der Waals surface area contributed by atoms with E-state index >= 15 is 0 Å². The fourth-order valence-electron chi connectivity index (χ4n) is 4.42. The lowest BCUT2D eigenvalue weighted by Gasteiger charge is -2.25. The maximum absolute atomic E-state index is 13.1. The highest BCUT2D eigenvalue weighted by Gasteiger charge is 2.28. The number of benzene rings is 1. The number of urea groups is 1. The van der Waals surface area contributed by atoms with E-state index in [1.165, 1.54) is 21.0 Å². The van der Waals surface area contributed by atoms with Crippen molar-refractivity contribution in [3.63, 3.8) is 0 Å². The number of likely N-dealkylation sites (N-methyl/N-ethyl adjacent to an activating group) is 1. The van der Waals surface area contributed by atoms with Gasteiger partial charge < -0.3 is 34.3 Å². The minimum atomic E-state index is -0.285. The standard InChI is InChI=1S/C25H32N4O4S/c1-6-18(27-25(30)26-16-13-19(31-3)23(33-5)20(14-16)32-4)22-17-9-12-28(2)15-21(17)34-24(22)29-10-7-8-11-29/h7-8,10-11,13-14,18H,6,9,12,15H2,1-5H3,(H2,26,27,30)/t18-/m1/s1. The third-order valence-electron chi connectivity index (χ3n) is 6.09. The predicted molar refractivity (Wildman–Crippen MR) is 135 cm³/mol. The number of hydrogen-bond acceptors (Lipinski definition) is 6. The Balaban J connectivity index is 1.62. The van der Waals surface area contributed by atoms with Crippen LogP contribution >= 0.6 is 11.3 Å². The van der Waals surface area contributed by atoms with E-state index in [0.29, 0.717) is 22.9 Å². The fraction of sp³-hybridized carbons (Fsp3) is 0.400. The third-order valence-corrected chi connectivity index (χ3v) is 7.34. The Morgan fingerprint density at radius 3 is 2.38 bits per heavy atom. The first-order chi connectivity index (χ1) is 16.5. The van der Waals surface area contributed by atoms with Crippen molar-refractivity contribution in [3.8, 4) is 22.2 Å². The lowest BCUT2D eigenvalue weighted by atomic mass is 9.96. The number of nitrogens with one attached hydrogen (secondary N) is 2. The van der Waals surface area contributed by atoms with Gasteiger partial charge in [-0.1, -0.05) is 6.92 Å². The predicted octanol–water partition coefficient (Wildman–Crippen LogP) is 4.83. The van der Waals surface area contributed by atoms with Gasteiger partial charge in [-0.15, -0.1) is 11.3 Å². The summed E-state index contributed by atoms with van der Waals surface area (Å²) in [6.07, 6.45) is 5.88. The molecule has 9 heteroatoms. The van der Waals surface area contributed by atoms with Gasteiger partial charge in [0.15, 0.2) is 11.5 Å². The van der Waals surface area contributed by atoms with Crippen LogP contribution in [-0.2, 0) is 13.0 Å². The zero-order valence-electron chi connectivity index (χ0n) is 20.3. The van der Waals surface area contributed by atoms with Crippen molar-refractivity contribution < 1.29 is 19.0 Å². The van der Waals surface area contributed by atoms with Gasteiger partial charge in [0.25, 0.3) is 0 Å². The number of aromatic nitrogens is 1. The molecule has 0 aliphatic carbocycles. The van der Waals surface area contributed by atoms with Crippen LogP contribution in [0, 0.1) is 0 Å². The summed E-state index contributed by atoms with van der Waals surface area (Å²) >= 11 is 1.81. The molecular formula is C25H32N4O4S. The Morgan fingerprint density at radius 1 is 1.12 bits per heavy atom. The molecular weight excluding hydrogens is 452 g/mol. The summed E-state index contributed by atoms with van der Waals surface area (Å²) in [6, 6.07) is 7.08. The second kappa shape index (κ2) is 10.4. The highest BCUT2D eigenvalue weighted by molar-refractivity contribution is 7.15. The van der Waals surface area contributed by atoms with Crippen molar-refractivity contribution in [2.75, 3.05) is 40.2 Å². The molecule has 1 aliphatic rings. The first-order valence-electron chi connectivity index (χ1n) is 11.3. The number of hydrogen-bond donors (Lipinski definition) is 2. The molecule has 1 aliphatic heterocycles. The number of thiophene rings is 1. The summed E-state index contributed by atoms with van der Waals surface area (Å²) in [5, 5.41) is 7.31. The van der Waals surface area contributed by atoms with Gasteiger partial charge in [0.1, 0.15) is 5.00 Å². The van der Waals surface area contributed by atoms with Crippen LogP contribution in [-0.4, -0.2) is 50.4 Å². The summed E-state index contributed by atoms with van der Waals surface area (Å²) in [5.41, 5.74) is 3.14. The molecule has 3 heterocycles. The van der Waals surface area contributed by atoms with E-state index in [4.69, 9.17) is 14.2 Å². The van der Waals surface area contributed by atoms with Crippen molar-refractivity contribution >= 4 is 23.1 Å². The Bertz CT molecular complexity index is 1120. The van der Waals surface area contributed by atoms with Gasteiger partial charge in [0.05, 0.1) is 33.1 Å². The van der Waals surface area contributed by atoms with E-state index in [2.05, 4.69) is 46.5 Å². The van der Waals surface area contributed by atoms with Crippen LogP contribution < -0.4 is 24.8 Å². The second-order valence-electron chi connectivity index (χ2n) is 8.27. The monoisotopic (exact) mass is 484 g/mol. The molecule has 34 heavy (non-hydrogen) atoms. The van der Waals surface area contributed by atoms with E-state index in [9.17, 15) is 4.79 Å². The Morgan fingerprint density at radius 2 is 1.79 bits per heavy atom. The summed E-state index contributed by atoms with van der Waals surface area (Å²) in [5.74, 6) is 1.44. The van der Waals surface area contributed by atoms with E-state index in [1.807, 2.05) is 23.5 Å². The zero-order valence-corrected chi connectivity index (χ0v) is 21.1. The van der Waals surface area contributed by atoms with Gasteiger partial charge >= 0.3 is 6.03 Å². The smallest absolute Gasteiger partial charge is 0.319 e. The van der Waals surface area contributed by atoms with Crippen LogP contribution in [0.2, 0.25) is 0 Å². The number of nitrogens with zero attached hydrogens (tertiary/aromatic N) is 2. The molecule has 2 amide bonds. The number of rotatable bonds is 8. The van der Waals surface area contributed by atoms with Gasteiger partial charge in [-0.25, -0.2) is 4.79 Å². The molecule has 2 aromatic heterocycles. The quantitative estimate of drug-likeness (QED) is 0.479. The average Bonchev–Trinajstić information content (AvgIpc) is 3.49. The van der Waals surface area contributed by atoms with Crippen molar-refractivity contribution in [1.82, 2.24) is 14.8 Å². The van der Waals surface area contributed by atoms with Crippen LogP contribution in [0.5, 0.6) is 17.2 Å². The Hall–Kier alpha value is -3.17. The first kappa shape index (κ1) is 24.0. The fourth-order valence-corrected chi connectivity index (χ4v) is 5.88. The summed E-state index contributed by atoms with van der Waals surface area (Å²) in [7, 11) is 6.80. The Labute approximate surface area is 204 Å². The SMILES string of the molecule is CC[C@@H](NC(=O)Nc1cc(OC)c(OC)c(OC)c1)c1c(-n2cccc2)sc2c1CCN(C)C2. The minimum Gasteiger partial charge on any atom is -0.493 e. The number of methoxy groups -OCH3 is 3. The van der Waals surface area contributed by atoms with Gasteiger partial charge in [-0.3, -0.25) is 0 Å². The number of carbonyl (C=O) groups is 1. The topological polar surface area (TPSA) is 77.0 Å². The highest BCUT2D eigenvalue weighted by Crippen LogP contribution is 2.41. The third kappa shape index (κ3) is 4.71. The molecule has 3 aromatic rings. The van der Waals surface area contributed by atoms with Gasteiger partial charge in [0, 0.05) is 48.1 Å². The van der Waals surface area contributed by atoms with Crippen LogP contribution in [0.1, 0.15) is 35.4 Å². The lowest BCUT2D eigenvalue weighted by Crippen LogP contribution is -2.34. The van der Waals surface area contributed by atoms with E-state index in [0.717, 1.165) is 25.9 Å². The molecule has 1 aromatic carbocycles. The van der Waals surface area contributed by atoms with Crippen LogP contribution in [0.15, 0.2) is 36.7 Å². The number of fused-ring (bicyclic) bond motifs is 1. The van der Waals surface area contributed by atoms with Crippen LogP contribution in [0.3, 0.4) is 0 Å². The highest BCUT2D eigenvalue weighted by atomic mass is 32.1. The molecule has 8 nitrogen and oxygen atoms in total. The number of anilines is 1. The molecule has 1 atom stereocenters. The van der Waals surface area contributed by atoms with Crippen molar-refractivity contribution in [2.24, 2.45) is 0 Å². The largest absolute Gasteiger partial charge is 0.493 e. The van der Waals surface area contributed by atoms with Crippen molar-refractivity contribution in [2.45, 2.75) is 32.4 Å². The Kier molecular flexibility index (Phi) is 7.33. The van der Waals surface area contributed by atoms with Crippen LogP contribution in [0.4, 0.5) is 10.5 Å². The number of carbonyl (C=O) groups excluding carboxylic acids is 1.